The van der Waals surface area contributed by atoms with Crippen molar-refractivity contribution in [2.75, 3.05) is 0 Å². The molecule has 0 radical (unpaired) electrons. The Morgan fingerprint density at radius 3 is 2.61 bits per heavy atom. The number of nitrogens with one attached hydrogen (secondary N) is 1. The summed E-state index contributed by atoms with van der Waals surface area (Å²) in [5, 5.41) is 1.27. The van der Waals surface area contributed by atoms with Crippen molar-refractivity contribution in [2.45, 2.75) is 13.1 Å². The number of halogens is 3. The van der Waals surface area contributed by atoms with Crippen LogP contribution in [0, 0.1) is 6.92 Å². The summed E-state index contributed by atoms with van der Waals surface area (Å²) in [6.07, 6.45) is -2.64. The number of hydrogen-bond acceptors (Lipinski definition) is 1. The average Bonchev–Trinajstić information content (AvgIpc) is 2.65. The molecule has 2 aromatic heterocycles. The molecule has 0 fully saturated rings. The van der Waals surface area contributed by atoms with Gasteiger partial charge in [0.1, 0.15) is 5.65 Å². The van der Waals surface area contributed by atoms with Gasteiger partial charge in [-0.3, -0.25) is 0 Å². The fourth-order valence-corrected chi connectivity index (χ4v) is 2.05. The number of rotatable bonds is 0. The SMILES string of the molecule is Cc1cnc2[nH]c3ccc(C(F)(F)F)cc3c2c1. The molecular weight excluding hydrogens is 241 g/mol. The molecule has 3 aromatic rings. The molecule has 0 aliphatic carbocycles. The lowest BCUT2D eigenvalue weighted by molar-refractivity contribution is -0.137. The van der Waals surface area contributed by atoms with Gasteiger partial charge in [0.2, 0.25) is 0 Å². The molecule has 1 N–H and O–H groups in total. The van der Waals surface area contributed by atoms with E-state index in [2.05, 4.69) is 9.97 Å². The Morgan fingerprint density at radius 1 is 1.11 bits per heavy atom. The van der Waals surface area contributed by atoms with Crippen molar-refractivity contribution in [3.8, 4) is 0 Å². The lowest BCUT2D eigenvalue weighted by Crippen LogP contribution is -2.03. The summed E-state index contributed by atoms with van der Waals surface area (Å²) in [7, 11) is 0. The van der Waals surface area contributed by atoms with Crippen LogP contribution >= 0.6 is 0 Å². The van der Waals surface area contributed by atoms with Crippen LogP contribution in [-0.2, 0) is 6.18 Å². The van der Waals surface area contributed by atoms with E-state index in [-0.39, 0.29) is 0 Å². The van der Waals surface area contributed by atoms with Crippen LogP contribution in [0.3, 0.4) is 0 Å². The van der Waals surface area contributed by atoms with Crippen LogP contribution in [0.4, 0.5) is 13.2 Å². The first-order valence-corrected chi connectivity index (χ1v) is 5.40. The highest BCUT2D eigenvalue weighted by molar-refractivity contribution is 6.06. The normalized spacial score (nSPS) is 12.4. The first kappa shape index (κ1) is 11.1. The lowest BCUT2D eigenvalue weighted by atomic mass is 10.1. The topological polar surface area (TPSA) is 28.7 Å². The van der Waals surface area contributed by atoms with Gasteiger partial charge in [-0.2, -0.15) is 13.2 Å². The number of benzene rings is 1. The smallest absolute Gasteiger partial charge is 0.339 e. The number of pyridine rings is 1. The van der Waals surface area contributed by atoms with Gasteiger partial charge in [-0.15, -0.1) is 0 Å². The highest BCUT2D eigenvalue weighted by Gasteiger charge is 2.30. The molecule has 18 heavy (non-hydrogen) atoms. The first-order chi connectivity index (χ1) is 8.45. The van der Waals surface area contributed by atoms with E-state index in [1.54, 1.807) is 6.20 Å². The van der Waals surface area contributed by atoms with Crippen molar-refractivity contribution in [3.05, 3.63) is 41.6 Å². The Balaban J connectivity index is 2.38. The monoisotopic (exact) mass is 250 g/mol. The van der Waals surface area contributed by atoms with Crippen molar-refractivity contribution in [2.24, 2.45) is 0 Å². The Hall–Kier alpha value is -2.04. The summed E-state index contributed by atoms with van der Waals surface area (Å²) < 4.78 is 38.0. The van der Waals surface area contributed by atoms with Gasteiger partial charge in [-0.05, 0) is 36.8 Å². The van der Waals surface area contributed by atoms with Gasteiger partial charge in [0.05, 0.1) is 5.56 Å². The molecule has 0 saturated carbocycles. The molecule has 1 aromatic carbocycles. The van der Waals surface area contributed by atoms with Crippen LogP contribution in [0.5, 0.6) is 0 Å². The van der Waals surface area contributed by atoms with Crippen molar-refractivity contribution in [1.29, 1.82) is 0 Å². The Morgan fingerprint density at radius 2 is 1.89 bits per heavy atom. The summed E-state index contributed by atoms with van der Waals surface area (Å²) in [6, 6.07) is 5.51. The van der Waals surface area contributed by atoms with Crippen LogP contribution in [0.2, 0.25) is 0 Å². The minimum absolute atomic E-state index is 0.552. The predicted octanol–water partition coefficient (Wildman–Crippen LogP) is 4.04. The van der Waals surface area contributed by atoms with Crippen LogP contribution < -0.4 is 0 Å². The van der Waals surface area contributed by atoms with Crippen molar-refractivity contribution in [3.63, 3.8) is 0 Å². The maximum atomic E-state index is 12.7. The summed E-state index contributed by atoms with van der Waals surface area (Å²) in [6.45, 7) is 1.86. The number of alkyl halides is 3. The number of nitrogens with zero attached hydrogens (tertiary/aromatic N) is 1. The van der Waals surface area contributed by atoms with Crippen LogP contribution in [-0.4, -0.2) is 9.97 Å². The van der Waals surface area contributed by atoms with Gasteiger partial charge in [-0.25, -0.2) is 4.98 Å². The lowest BCUT2D eigenvalue weighted by Gasteiger charge is -2.05. The number of H-pyrrole nitrogens is 1. The molecule has 0 unspecified atom stereocenters. The summed E-state index contributed by atoms with van der Waals surface area (Å²) >= 11 is 0. The molecule has 0 amide bonds. The molecule has 0 atom stereocenters. The third-order valence-electron chi connectivity index (χ3n) is 2.91. The quantitative estimate of drug-likeness (QED) is 0.640. The van der Waals surface area contributed by atoms with Crippen LogP contribution in [0.25, 0.3) is 21.9 Å². The fourth-order valence-electron chi connectivity index (χ4n) is 2.05. The van der Waals surface area contributed by atoms with Gasteiger partial charge in [0.15, 0.2) is 0 Å². The largest absolute Gasteiger partial charge is 0.416 e. The van der Waals surface area contributed by atoms with E-state index in [1.807, 2.05) is 13.0 Å². The van der Waals surface area contributed by atoms with E-state index in [4.69, 9.17) is 0 Å². The van der Waals surface area contributed by atoms with Gasteiger partial charge in [-0.1, -0.05) is 0 Å². The predicted molar refractivity (Wildman–Crippen MR) is 63.3 cm³/mol. The minimum Gasteiger partial charge on any atom is -0.339 e. The highest BCUT2D eigenvalue weighted by atomic mass is 19.4. The van der Waals surface area contributed by atoms with E-state index in [1.165, 1.54) is 6.07 Å². The molecule has 5 heteroatoms. The zero-order valence-electron chi connectivity index (χ0n) is 9.47. The number of hydrogen-bond donors (Lipinski definition) is 1. The summed E-state index contributed by atoms with van der Waals surface area (Å²) in [5.74, 6) is 0. The molecule has 92 valence electrons. The Bertz CT molecular complexity index is 741. The van der Waals surface area contributed by atoms with Crippen molar-refractivity contribution in [1.82, 2.24) is 9.97 Å². The molecule has 0 bridgehead atoms. The van der Waals surface area contributed by atoms with E-state index in [0.29, 0.717) is 16.6 Å². The highest BCUT2D eigenvalue weighted by Crippen LogP contribution is 2.33. The van der Waals surface area contributed by atoms with Crippen LogP contribution in [0.1, 0.15) is 11.1 Å². The molecule has 0 aliphatic rings. The molecule has 0 saturated heterocycles. The minimum atomic E-state index is -4.32. The van der Waals surface area contributed by atoms with Gasteiger partial charge in [0, 0.05) is 22.5 Å². The van der Waals surface area contributed by atoms with Gasteiger partial charge < -0.3 is 4.98 Å². The fraction of sp³-hybridized carbons (Fsp3) is 0.154. The van der Waals surface area contributed by atoms with E-state index < -0.39 is 11.7 Å². The third-order valence-corrected chi connectivity index (χ3v) is 2.91. The van der Waals surface area contributed by atoms with E-state index in [0.717, 1.165) is 23.1 Å². The average molecular weight is 250 g/mol. The standard InChI is InChI=1S/C13H9F3N2/c1-7-4-10-9-5-8(13(14,15)16)2-3-11(9)18-12(10)17-6-7/h2-6H,1H3,(H,17,18). The number of aryl methyl sites for hydroxylation is 1. The first-order valence-electron chi connectivity index (χ1n) is 5.40. The Kier molecular flexibility index (Phi) is 2.14. The van der Waals surface area contributed by atoms with Crippen molar-refractivity contribution < 1.29 is 13.2 Å². The summed E-state index contributed by atoms with van der Waals surface area (Å²) in [5.41, 5.74) is 1.55. The zero-order valence-corrected chi connectivity index (χ0v) is 9.47. The molecule has 3 rings (SSSR count). The molecule has 2 heterocycles. The van der Waals surface area contributed by atoms with E-state index >= 15 is 0 Å². The van der Waals surface area contributed by atoms with Gasteiger partial charge in [0.25, 0.3) is 0 Å². The second kappa shape index (κ2) is 3.48. The maximum Gasteiger partial charge on any atom is 0.416 e. The third kappa shape index (κ3) is 1.63. The number of aromatic nitrogens is 2. The molecule has 2 nitrogen and oxygen atoms in total. The van der Waals surface area contributed by atoms with E-state index in [9.17, 15) is 13.2 Å². The molecular formula is C13H9F3N2. The second-order valence-electron chi connectivity index (χ2n) is 4.29. The molecule has 0 aliphatic heterocycles. The molecule has 0 spiro atoms. The number of aromatic amines is 1. The van der Waals surface area contributed by atoms with Gasteiger partial charge >= 0.3 is 6.18 Å². The zero-order chi connectivity index (χ0) is 12.9. The second-order valence-corrected chi connectivity index (χ2v) is 4.29. The van der Waals surface area contributed by atoms with Crippen LogP contribution in [0.15, 0.2) is 30.5 Å². The Labute approximate surface area is 100 Å². The summed E-state index contributed by atoms with van der Waals surface area (Å²) in [4.78, 5) is 7.18. The maximum absolute atomic E-state index is 12.7. The van der Waals surface area contributed by atoms with Crippen molar-refractivity contribution >= 4 is 21.9 Å². The number of fused-ring (bicyclic) bond motifs is 3.